The van der Waals surface area contributed by atoms with E-state index in [1.165, 1.54) is 24.4 Å². The van der Waals surface area contributed by atoms with Crippen molar-refractivity contribution in [1.29, 1.82) is 0 Å². The maximum Gasteiger partial charge on any atom is 0.274 e. The number of amidine groups is 1. The average molecular weight is 457 g/mol. The Kier molecular flexibility index (Phi) is 5.28. The zero-order valence-electron chi connectivity index (χ0n) is 18.0. The summed E-state index contributed by atoms with van der Waals surface area (Å²) in [6.45, 7) is 5.06. The van der Waals surface area contributed by atoms with Crippen molar-refractivity contribution in [3.63, 3.8) is 0 Å². The number of anilines is 1. The van der Waals surface area contributed by atoms with E-state index >= 15 is 0 Å². The van der Waals surface area contributed by atoms with Crippen LogP contribution >= 0.6 is 10.6 Å². The fourth-order valence-corrected chi connectivity index (χ4v) is 7.19. The van der Waals surface area contributed by atoms with Crippen molar-refractivity contribution < 1.29 is 18.3 Å². The summed E-state index contributed by atoms with van der Waals surface area (Å²) in [6.07, 6.45) is 2.42. The summed E-state index contributed by atoms with van der Waals surface area (Å²) in [6, 6.07) is 7.38. The fourth-order valence-electron chi connectivity index (χ4n) is 4.52. The molecule has 0 unspecified atom stereocenters. The molecule has 5 N–H and O–H groups in total. The zero-order valence-corrected chi connectivity index (χ0v) is 18.8. The summed E-state index contributed by atoms with van der Waals surface area (Å²) in [4.78, 5) is 21.3. The molecule has 0 spiro atoms. The molecule has 0 radical (unpaired) electrons. The maximum atomic E-state index is 15.0. The quantitative estimate of drug-likeness (QED) is 0.518. The predicted molar refractivity (Wildman–Crippen MR) is 124 cm³/mol. The average Bonchev–Trinajstić information content (AvgIpc) is 2.93. The smallest absolute Gasteiger partial charge is 0.274 e. The van der Waals surface area contributed by atoms with Gasteiger partial charge < -0.3 is 11.1 Å². The van der Waals surface area contributed by atoms with Crippen LogP contribution in [0.25, 0.3) is 0 Å². The van der Waals surface area contributed by atoms with E-state index < -0.39 is 37.9 Å². The number of rotatable bonds is 3. The normalized spacial score (nSPS) is 28.8. The van der Waals surface area contributed by atoms with E-state index in [-0.39, 0.29) is 17.1 Å². The number of aliphatic imine (C=N–C) groups is 1. The molecule has 1 aromatic heterocycles. The molecule has 0 aliphatic carbocycles. The van der Waals surface area contributed by atoms with Crippen LogP contribution in [0.3, 0.4) is 0 Å². The number of amides is 1. The van der Waals surface area contributed by atoms with E-state index in [0.29, 0.717) is 24.1 Å². The molecule has 0 saturated carbocycles. The lowest BCUT2D eigenvalue weighted by Gasteiger charge is -2.54. The van der Waals surface area contributed by atoms with Crippen molar-refractivity contribution in [2.75, 3.05) is 5.32 Å². The second-order valence-corrected chi connectivity index (χ2v) is 11.1. The van der Waals surface area contributed by atoms with Crippen LogP contribution in [0.1, 0.15) is 55.2 Å². The summed E-state index contributed by atoms with van der Waals surface area (Å²) < 4.78 is 35.9. The Labute approximate surface area is 187 Å². The first-order valence-electron chi connectivity index (χ1n) is 10.2. The largest absolute Gasteiger partial charge is 0.386 e. The molecular formula is C23H25FN4O3S. The van der Waals surface area contributed by atoms with Gasteiger partial charge in [0.2, 0.25) is 0 Å². The number of nitrogens with zero attached hydrogens (tertiary/aromatic N) is 2. The lowest BCUT2D eigenvalue weighted by molar-refractivity contribution is 0.102. The van der Waals surface area contributed by atoms with Gasteiger partial charge in [-0.15, -0.1) is 5.92 Å². The van der Waals surface area contributed by atoms with Crippen molar-refractivity contribution >= 4 is 28.0 Å². The Morgan fingerprint density at radius 2 is 2.06 bits per heavy atom. The van der Waals surface area contributed by atoms with Crippen molar-refractivity contribution in [3.05, 3.63) is 59.2 Å². The Hall–Kier alpha value is -2.93. The molecule has 7 nitrogen and oxygen atoms in total. The lowest BCUT2D eigenvalue weighted by atomic mass is 9.86. The molecule has 1 amide bonds. The van der Waals surface area contributed by atoms with Crippen molar-refractivity contribution in [1.82, 2.24) is 4.98 Å². The monoisotopic (exact) mass is 456 g/mol. The van der Waals surface area contributed by atoms with Gasteiger partial charge in [-0.25, -0.2) is 9.37 Å². The van der Waals surface area contributed by atoms with Crippen LogP contribution in [0.15, 0.2) is 41.5 Å². The van der Waals surface area contributed by atoms with Crippen LogP contribution in [0.4, 0.5) is 10.1 Å². The van der Waals surface area contributed by atoms with Gasteiger partial charge in [0.15, 0.2) is 0 Å². The number of hydrogen-bond donors (Lipinski definition) is 4. The summed E-state index contributed by atoms with van der Waals surface area (Å²) >= 11 is 0. The molecule has 3 heterocycles. The van der Waals surface area contributed by atoms with Gasteiger partial charge in [-0.05, 0) is 63.9 Å². The first-order chi connectivity index (χ1) is 15.0. The van der Waals surface area contributed by atoms with Crippen molar-refractivity contribution in [2.45, 2.75) is 49.1 Å². The second kappa shape index (κ2) is 7.59. The minimum absolute atomic E-state index is 0.113. The molecule has 9 heteroatoms. The Morgan fingerprint density at radius 3 is 2.72 bits per heavy atom. The zero-order chi connectivity index (χ0) is 23.3. The predicted octanol–water partition coefficient (Wildman–Crippen LogP) is 4.10. The minimum Gasteiger partial charge on any atom is -0.386 e. The van der Waals surface area contributed by atoms with Crippen LogP contribution < -0.4 is 11.1 Å². The van der Waals surface area contributed by atoms with Gasteiger partial charge in [-0.1, -0.05) is 5.92 Å². The van der Waals surface area contributed by atoms with Crippen LogP contribution in [0.5, 0.6) is 0 Å². The molecule has 32 heavy (non-hydrogen) atoms. The molecule has 1 aromatic carbocycles. The highest BCUT2D eigenvalue weighted by Crippen LogP contribution is 2.71. The van der Waals surface area contributed by atoms with E-state index in [0.717, 1.165) is 0 Å². The third kappa shape index (κ3) is 3.26. The fraction of sp³-hybridized carbons (Fsp3) is 0.348. The second-order valence-electron chi connectivity index (χ2n) is 8.45. The number of hydrogen-bond acceptors (Lipinski definition) is 6. The molecule has 1 fully saturated rings. The number of halogens is 1. The highest BCUT2D eigenvalue weighted by Gasteiger charge is 2.62. The van der Waals surface area contributed by atoms with Gasteiger partial charge in [-0.2, -0.15) is 10.6 Å². The molecule has 4 rings (SSSR count). The number of carbonyl (C=O) groups is 1. The van der Waals surface area contributed by atoms with Crippen LogP contribution in [-0.4, -0.2) is 35.8 Å². The molecule has 168 valence electrons. The van der Waals surface area contributed by atoms with E-state index in [2.05, 4.69) is 27.1 Å². The van der Waals surface area contributed by atoms with Crippen LogP contribution in [0, 0.1) is 17.7 Å². The molecule has 2 aliphatic heterocycles. The highest BCUT2D eigenvalue weighted by molar-refractivity contribution is 8.26. The number of carbonyl (C=O) groups excluding carboxylic acids is 1. The topological polar surface area (TPSA) is 121 Å². The number of fused-ring (bicyclic) bond motifs is 2. The standard InChI is InChI=1S/C23H25FN4O3S/c1-4-5-14-6-9-18(26-13-14)20(29)27-15-7-8-17(24)16(12-15)23(3)19-10-11-22(2,21(25)28-23)32(19,30)31/h6-9,12-13,19,30-31H,10-11H2,1-3H3,(H2,25,28)(H,27,29)/t19-,22+,23+/m0/s1. The van der Waals surface area contributed by atoms with Gasteiger partial charge in [-0.3, -0.25) is 18.9 Å². The Morgan fingerprint density at radius 1 is 1.31 bits per heavy atom. The van der Waals surface area contributed by atoms with E-state index in [4.69, 9.17) is 5.73 Å². The van der Waals surface area contributed by atoms with Crippen molar-refractivity contribution in [3.8, 4) is 11.8 Å². The van der Waals surface area contributed by atoms with Crippen molar-refractivity contribution in [2.24, 2.45) is 10.7 Å². The van der Waals surface area contributed by atoms with E-state index in [1.54, 1.807) is 32.9 Å². The van der Waals surface area contributed by atoms with Gasteiger partial charge >= 0.3 is 0 Å². The number of nitrogens with one attached hydrogen (secondary N) is 1. The first-order valence-corrected chi connectivity index (χ1v) is 11.8. The molecule has 2 bridgehead atoms. The highest BCUT2D eigenvalue weighted by atomic mass is 32.3. The number of pyridine rings is 1. The Balaban J connectivity index is 1.67. The first kappa shape index (κ1) is 22.3. The van der Waals surface area contributed by atoms with E-state index in [9.17, 15) is 18.3 Å². The van der Waals surface area contributed by atoms with Gasteiger partial charge in [0, 0.05) is 23.0 Å². The molecule has 3 atom stereocenters. The summed E-state index contributed by atoms with van der Waals surface area (Å²) in [5, 5.41) is 2.04. The number of benzene rings is 1. The van der Waals surface area contributed by atoms with Gasteiger partial charge in [0.25, 0.3) is 5.91 Å². The molecule has 1 saturated heterocycles. The maximum absolute atomic E-state index is 15.0. The summed E-state index contributed by atoms with van der Waals surface area (Å²) in [5.74, 6) is 4.70. The number of nitrogens with two attached hydrogens (primary N) is 1. The summed E-state index contributed by atoms with van der Waals surface area (Å²) in [7, 11) is -3.17. The number of aromatic nitrogens is 1. The SMILES string of the molecule is CC#Cc1ccc(C(=O)Nc2ccc(F)c([C@@]3(C)N=C(N)[C@@]4(C)CC[C@@H]3S4(O)O)c2)nc1. The lowest BCUT2D eigenvalue weighted by Crippen LogP contribution is -2.53. The van der Waals surface area contributed by atoms with Gasteiger partial charge in [0.1, 0.15) is 27.6 Å². The molecule has 2 aromatic rings. The third-order valence-electron chi connectivity index (χ3n) is 6.50. The minimum atomic E-state index is -3.17. The van der Waals surface area contributed by atoms with Crippen LogP contribution in [-0.2, 0) is 5.54 Å². The molecule has 2 aliphatic rings. The van der Waals surface area contributed by atoms with E-state index in [1.807, 2.05) is 0 Å². The Bertz CT molecular complexity index is 1190. The summed E-state index contributed by atoms with van der Waals surface area (Å²) in [5.41, 5.74) is 6.24. The van der Waals surface area contributed by atoms with Gasteiger partial charge in [0.05, 0.1) is 5.25 Å². The van der Waals surface area contributed by atoms with Crippen LogP contribution in [0.2, 0.25) is 0 Å². The third-order valence-corrected chi connectivity index (χ3v) is 9.73. The molecular weight excluding hydrogens is 431 g/mol.